The predicted octanol–water partition coefficient (Wildman–Crippen LogP) is 1.68. The van der Waals surface area contributed by atoms with Crippen LogP contribution in [0.2, 0.25) is 0 Å². The molecule has 0 bridgehead atoms. The molecule has 1 N–H and O–H groups in total. The van der Waals surface area contributed by atoms with E-state index in [0.29, 0.717) is 18.5 Å². The zero-order valence-electron chi connectivity index (χ0n) is 11.2. The SMILES string of the molecule is c1nc(OCC2CCCCO2)cnc1CNC1CC1. The van der Waals surface area contributed by atoms with Gasteiger partial charge in [-0.15, -0.1) is 0 Å². The standard InChI is InChI=1S/C14H21N3O2/c1-2-6-18-13(3-1)10-19-14-9-16-12(8-17-14)7-15-11-4-5-11/h8-9,11,13,15H,1-7,10H2. The van der Waals surface area contributed by atoms with Crippen LogP contribution >= 0.6 is 0 Å². The van der Waals surface area contributed by atoms with E-state index in [9.17, 15) is 0 Å². The Morgan fingerprint density at radius 3 is 2.84 bits per heavy atom. The molecule has 1 aromatic heterocycles. The summed E-state index contributed by atoms with van der Waals surface area (Å²) in [5.74, 6) is 0.587. The molecule has 104 valence electrons. The fourth-order valence-corrected chi connectivity index (χ4v) is 2.16. The van der Waals surface area contributed by atoms with Gasteiger partial charge in [-0.25, -0.2) is 4.98 Å². The Labute approximate surface area is 113 Å². The molecule has 1 aliphatic heterocycles. The Hall–Kier alpha value is -1.20. The van der Waals surface area contributed by atoms with Gasteiger partial charge in [-0.05, 0) is 32.1 Å². The molecule has 0 radical (unpaired) electrons. The van der Waals surface area contributed by atoms with Crippen LogP contribution in [0.25, 0.3) is 0 Å². The second-order valence-electron chi connectivity index (χ2n) is 5.30. The van der Waals surface area contributed by atoms with Crippen LogP contribution in [0.3, 0.4) is 0 Å². The average molecular weight is 263 g/mol. The highest BCUT2D eigenvalue weighted by molar-refractivity contribution is 5.07. The van der Waals surface area contributed by atoms with Crippen molar-refractivity contribution in [1.82, 2.24) is 15.3 Å². The summed E-state index contributed by atoms with van der Waals surface area (Å²) in [6, 6.07) is 0.696. The first-order valence-corrected chi connectivity index (χ1v) is 7.19. The molecule has 0 aromatic carbocycles. The first-order chi connectivity index (χ1) is 9.40. The normalized spacial score (nSPS) is 23.3. The first kappa shape index (κ1) is 12.8. The van der Waals surface area contributed by atoms with E-state index in [1.807, 2.05) is 0 Å². The fourth-order valence-electron chi connectivity index (χ4n) is 2.16. The minimum absolute atomic E-state index is 0.215. The molecule has 1 unspecified atom stereocenters. The van der Waals surface area contributed by atoms with Gasteiger partial charge in [-0.2, -0.15) is 0 Å². The lowest BCUT2D eigenvalue weighted by Gasteiger charge is -2.22. The number of rotatable bonds is 6. The van der Waals surface area contributed by atoms with E-state index in [0.717, 1.165) is 25.3 Å². The van der Waals surface area contributed by atoms with E-state index in [4.69, 9.17) is 9.47 Å². The lowest BCUT2D eigenvalue weighted by molar-refractivity contribution is -0.0120. The number of nitrogens with zero attached hydrogens (tertiary/aromatic N) is 2. The number of aromatic nitrogens is 2. The molecule has 1 saturated carbocycles. The fraction of sp³-hybridized carbons (Fsp3) is 0.714. The van der Waals surface area contributed by atoms with Crippen LogP contribution in [0.4, 0.5) is 0 Å². The van der Waals surface area contributed by atoms with Gasteiger partial charge in [0.1, 0.15) is 6.61 Å². The molecule has 1 aliphatic carbocycles. The maximum absolute atomic E-state index is 5.62. The third kappa shape index (κ3) is 4.14. The molecule has 2 fully saturated rings. The van der Waals surface area contributed by atoms with E-state index in [1.165, 1.54) is 25.7 Å². The Bertz CT molecular complexity index is 386. The highest BCUT2D eigenvalue weighted by Gasteiger charge is 2.20. The Morgan fingerprint density at radius 2 is 2.16 bits per heavy atom. The summed E-state index contributed by atoms with van der Waals surface area (Å²) in [7, 11) is 0. The van der Waals surface area contributed by atoms with Crippen molar-refractivity contribution in [3.05, 3.63) is 18.1 Å². The van der Waals surface area contributed by atoms with Gasteiger partial charge in [-0.3, -0.25) is 4.98 Å². The monoisotopic (exact) mass is 263 g/mol. The van der Waals surface area contributed by atoms with Gasteiger partial charge in [-0.1, -0.05) is 0 Å². The summed E-state index contributed by atoms with van der Waals surface area (Å²) in [4.78, 5) is 8.63. The Kier molecular flexibility index (Phi) is 4.25. The van der Waals surface area contributed by atoms with Gasteiger partial charge in [0.15, 0.2) is 0 Å². The van der Waals surface area contributed by atoms with Crippen molar-refractivity contribution < 1.29 is 9.47 Å². The first-order valence-electron chi connectivity index (χ1n) is 7.19. The molecular weight excluding hydrogens is 242 g/mol. The van der Waals surface area contributed by atoms with Crippen LogP contribution < -0.4 is 10.1 Å². The van der Waals surface area contributed by atoms with Crippen molar-refractivity contribution in [2.75, 3.05) is 13.2 Å². The second-order valence-corrected chi connectivity index (χ2v) is 5.30. The van der Waals surface area contributed by atoms with Gasteiger partial charge >= 0.3 is 0 Å². The second kappa shape index (κ2) is 6.30. The van der Waals surface area contributed by atoms with E-state index < -0.39 is 0 Å². The highest BCUT2D eigenvalue weighted by atomic mass is 16.5. The van der Waals surface area contributed by atoms with Crippen molar-refractivity contribution >= 4 is 0 Å². The molecular formula is C14H21N3O2. The number of hydrogen-bond acceptors (Lipinski definition) is 5. The summed E-state index contributed by atoms with van der Waals surface area (Å²) < 4.78 is 11.2. The van der Waals surface area contributed by atoms with Crippen LogP contribution in [-0.2, 0) is 11.3 Å². The molecule has 1 atom stereocenters. The van der Waals surface area contributed by atoms with E-state index in [1.54, 1.807) is 12.4 Å². The van der Waals surface area contributed by atoms with E-state index in [2.05, 4.69) is 15.3 Å². The van der Waals surface area contributed by atoms with Crippen molar-refractivity contribution in [1.29, 1.82) is 0 Å². The molecule has 1 aromatic rings. The minimum atomic E-state index is 0.215. The average Bonchev–Trinajstić information content (AvgIpc) is 3.29. The molecule has 5 heteroatoms. The molecule has 5 nitrogen and oxygen atoms in total. The Balaban J connectivity index is 1.42. The van der Waals surface area contributed by atoms with Crippen LogP contribution in [-0.4, -0.2) is 35.3 Å². The van der Waals surface area contributed by atoms with Crippen molar-refractivity contribution in [2.45, 2.75) is 50.8 Å². The lowest BCUT2D eigenvalue weighted by atomic mass is 10.1. The van der Waals surface area contributed by atoms with Crippen LogP contribution in [0.1, 0.15) is 37.8 Å². The van der Waals surface area contributed by atoms with Gasteiger partial charge in [0.25, 0.3) is 0 Å². The van der Waals surface area contributed by atoms with Crippen molar-refractivity contribution in [2.24, 2.45) is 0 Å². The summed E-state index contributed by atoms with van der Waals surface area (Å²) in [6.07, 6.45) is 9.75. The maximum atomic E-state index is 5.62. The largest absolute Gasteiger partial charge is 0.474 e. The summed E-state index contributed by atoms with van der Waals surface area (Å²) in [6.45, 7) is 2.23. The summed E-state index contributed by atoms with van der Waals surface area (Å²) in [5.41, 5.74) is 0.966. The summed E-state index contributed by atoms with van der Waals surface area (Å²) in [5, 5.41) is 3.41. The maximum Gasteiger partial charge on any atom is 0.232 e. The Morgan fingerprint density at radius 1 is 1.21 bits per heavy atom. The van der Waals surface area contributed by atoms with E-state index >= 15 is 0 Å². The summed E-state index contributed by atoms with van der Waals surface area (Å²) >= 11 is 0. The topological polar surface area (TPSA) is 56.3 Å². The van der Waals surface area contributed by atoms with Gasteiger partial charge < -0.3 is 14.8 Å². The smallest absolute Gasteiger partial charge is 0.232 e. The number of ether oxygens (including phenoxy) is 2. The molecule has 3 rings (SSSR count). The molecule has 2 aliphatic rings. The molecule has 0 amide bonds. The number of hydrogen-bond donors (Lipinski definition) is 1. The van der Waals surface area contributed by atoms with Gasteiger partial charge in [0.05, 0.1) is 24.2 Å². The third-order valence-electron chi connectivity index (χ3n) is 3.52. The van der Waals surface area contributed by atoms with Crippen LogP contribution in [0.5, 0.6) is 5.88 Å². The third-order valence-corrected chi connectivity index (χ3v) is 3.52. The molecule has 1 saturated heterocycles. The van der Waals surface area contributed by atoms with Crippen LogP contribution in [0, 0.1) is 0 Å². The van der Waals surface area contributed by atoms with Crippen LogP contribution in [0.15, 0.2) is 12.4 Å². The molecule has 2 heterocycles. The van der Waals surface area contributed by atoms with E-state index in [-0.39, 0.29) is 6.10 Å². The quantitative estimate of drug-likeness (QED) is 0.846. The molecule has 19 heavy (non-hydrogen) atoms. The molecule has 0 spiro atoms. The van der Waals surface area contributed by atoms with Gasteiger partial charge in [0.2, 0.25) is 5.88 Å². The van der Waals surface area contributed by atoms with Crippen molar-refractivity contribution in [3.8, 4) is 5.88 Å². The van der Waals surface area contributed by atoms with Crippen molar-refractivity contribution in [3.63, 3.8) is 0 Å². The zero-order valence-corrected chi connectivity index (χ0v) is 11.2. The minimum Gasteiger partial charge on any atom is -0.474 e. The highest BCUT2D eigenvalue weighted by Crippen LogP contribution is 2.19. The van der Waals surface area contributed by atoms with Gasteiger partial charge in [0, 0.05) is 19.2 Å². The predicted molar refractivity (Wildman–Crippen MR) is 71.0 cm³/mol. The number of nitrogens with one attached hydrogen (secondary N) is 1. The lowest BCUT2D eigenvalue weighted by Crippen LogP contribution is -2.26. The zero-order chi connectivity index (χ0) is 12.9.